The number of carbonyl (C=O) groups is 2. The number of aryl methyl sites for hydroxylation is 3. The molecule has 1 fully saturated rings. The second-order valence-corrected chi connectivity index (χ2v) is 9.33. The predicted molar refractivity (Wildman–Crippen MR) is 112 cm³/mol. The minimum atomic E-state index is -4.03. The molecule has 12 heteroatoms. The van der Waals surface area contributed by atoms with E-state index in [1.54, 1.807) is 34.8 Å². The topological polar surface area (TPSA) is 127 Å². The van der Waals surface area contributed by atoms with Gasteiger partial charge in [0.2, 0.25) is 10.0 Å². The summed E-state index contributed by atoms with van der Waals surface area (Å²) in [6.07, 6.45) is 3.30. The van der Waals surface area contributed by atoms with Crippen molar-refractivity contribution in [3.8, 4) is 0 Å². The SMILES string of the molecule is COC(=O)c1c(C)oc(C)c1S(=O)(=O)N1CCN(C(=O)c2c(C)nn3cccnc23)CC1. The molecule has 0 spiro atoms. The minimum Gasteiger partial charge on any atom is -0.465 e. The number of nitrogens with zero attached hydrogens (tertiary/aromatic N) is 5. The fourth-order valence-electron chi connectivity index (χ4n) is 3.98. The van der Waals surface area contributed by atoms with E-state index >= 15 is 0 Å². The molecular formula is C20H23N5O6S. The molecule has 3 aromatic rings. The van der Waals surface area contributed by atoms with Gasteiger partial charge in [-0.15, -0.1) is 0 Å². The van der Waals surface area contributed by atoms with Gasteiger partial charge in [0, 0.05) is 38.6 Å². The van der Waals surface area contributed by atoms with Gasteiger partial charge in [0.25, 0.3) is 5.91 Å². The molecule has 4 rings (SSSR count). The Morgan fingerprint density at radius 3 is 2.41 bits per heavy atom. The second kappa shape index (κ2) is 8.02. The molecule has 1 saturated heterocycles. The number of aromatic nitrogens is 3. The highest BCUT2D eigenvalue weighted by molar-refractivity contribution is 7.89. The van der Waals surface area contributed by atoms with Crippen LogP contribution in [0.4, 0.5) is 0 Å². The fourth-order valence-corrected chi connectivity index (χ4v) is 5.77. The largest absolute Gasteiger partial charge is 0.465 e. The maximum Gasteiger partial charge on any atom is 0.342 e. The third-order valence-electron chi connectivity index (χ3n) is 5.50. The lowest BCUT2D eigenvalue weighted by atomic mass is 10.2. The molecule has 1 aliphatic heterocycles. The number of hydrogen-bond acceptors (Lipinski definition) is 8. The zero-order valence-corrected chi connectivity index (χ0v) is 19.0. The number of methoxy groups -OCH3 is 1. The van der Waals surface area contributed by atoms with Gasteiger partial charge in [-0.3, -0.25) is 4.79 Å². The van der Waals surface area contributed by atoms with Crippen LogP contribution < -0.4 is 0 Å². The van der Waals surface area contributed by atoms with E-state index in [1.807, 2.05) is 0 Å². The Hall–Kier alpha value is -3.25. The van der Waals surface area contributed by atoms with E-state index in [4.69, 9.17) is 9.15 Å². The quantitative estimate of drug-likeness (QED) is 0.530. The molecule has 32 heavy (non-hydrogen) atoms. The summed E-state index contributed by atoms with van der Waals surface area (Å²) in [7, 11) is -2.85. The van der Waals surface area contributed by atoms with Crippen LogP contribution in [-0.4, -0.2) is 77.4 Å². The van der Waals surface area contributed by atoms with Crippen molar-refractivity contribution in [2.24, 2.45) is 0 Å². The van der Waals surface area contributed by atoms with Crippen LogP contribution in [0.5, 0.6) is 0 Å². The van der Waals surface area contributed by atoms with Crippen LogP contribution in [0.25, 0.3) is 5.65 Å². The van der Waals surface area contributed by atoms with E-state index in [0.29, 0.717) is 16.9 Å². The Bertz CT molecular complexity index is 1320. The summed E-state index contributed by atoms with van der Waals surface area (Å²) in [6, 6.07) is 1.72. The van der Waals surface area contributed by atoms with Crippen LogP contribution in [0.2, 0.25) is 0 Å². The molecule has 0 bridgehead atoms. The number of sulfonamides is 1. The molecule has 0 atom stereocenters. The van der Waals surface area contributed by atoms with Crippen molar-refractivity contribution in [2.45, 2.75) is 25.7 Å². The predicted octanol–water partition coefficient (Wildman–Crippen LogP) is 1.18. The summed E-state index contributed by atoms with van der Waals surface area (Å²) in [6.45, 7) is 5.26. The summed E-state index contributed by atoms with van der Waals surface area (Å²) >= 11 is 0. The molecule has 170 valence electrons. The van der Waals surface area contributed by atoms with Crippen molar-refractivity contribution < 1.29 is 27.2 Å². The molecular weight excluding hydrogens is 438 g/mol. The first-order valence-corrected chi connectivity index (χ1v) is 11.4. The average Bonchev–Trinajstić information content (AvgIpc) is 3.27. The number of ether oxygens (including phenoxy) is 1. The van der Waals surface area contributed by atoms with Gasteiger partial charge in [-0.2, -0.15) is 9.40 Å². The van der Waals surface area contributed by atoms with E-state index in [9.17, 15) is 18.0 Å². The number of rotatable bonds is 4. The molecule has 3 aromatic heterocycles. The molecule has 0 saturated carbocycles. The standard InChI is InChI=1S/C20H23N5O6S/c1-12-15(18-21-6-5-7-25(18)22-12)19(26)23-8-10-24(11-9-23)32(28,29)17-14(3)31-13(2)16(17)20(27)30-4/h5-7H,8-11H2,1-4H3. The highest BCUT2D eigenvalue weighted by Gasteiger charge is 2.38. The summed E-state index contributed by atoms with van der Waals surface area (Å²) in [5.41, 5.74) is 1.31. The smallest absolute Gasteiger partial charge is 0.342 e. The van der Waals surface area contributed by atoms with Crippen LogP contribution in [0, 0.1) is 20.8 Å². The Labute approximate surface area is 184 Å². The van der Waals surface area contributed by atoms with Crippen molar-refractivity contribution in [3.05, 3.63) is 46.8 Å². The van der Waals surface area contributed by atoms with Crippen molar-refractivity contribution in [1.29, 1.82) is 0 Å². The molecule has 1 amide bonds. The van der Waals surface area contributed by atoms with E-state index < -0.39 is 16.0 Å². The van der Waals surface area contributed by atoms with Gasteiger partial charge in [-0.1, -0.05) is 0 Å². The van der Waals surface area contributed by atoms with Gasteiger partial charge >= 0.3 is 5.97 Å². The van der Waals surface area contributed by atoms with Gasteiger partial charge in [0.1, 0.15) is 27.5 Å². The highest BCUT2D eigenvalue weighted by Crippen LogP contribution is 2.30. The summed E-state index contributed by atoms with van der Waals surface area (Å²) in [4.78, 5) is 31.0. The first kappa shape index (κ1) is 22.0. The third kappa shape index (κ3) is 3.45. The second-order valence-electron chi connectivity index (χ2n) is 7.45. The molecule has 4 heterocycles. The van der Waals surface area contributed by atoms with Crippen LogP contribution in [0.1, 0.15) is 37.9 Å². The third-order valence-corrected chi connectivity index (χ3v) is 7.55. The lowest BCUT2D eigenvalue weighted by Gasteiger charge is -2.34. The Morgan fingerprint density at radius 2 is 1.75 bits per heavy atom. The van der Waals surface area contributed by atoms with Crippen LogP contribution >= 0.6 is 0 Å². The van der Waals surface area contributed by atoms with Crippen LogP contribution in [-0.2, 0) is 14.8 Å². The Morgan fingerprint density at radius 1 is 1.06 bits per heavy atom. The molecule has 11 nitrogen and oxygen atoms in total. The number of hydrogen-bond donors (Lipinski definition) is 0. The maximum atomic E-state index is 13.3. The number of piperazine rings is 1. The molecule has 0 N–H and O–H groups in total. The monoisotopic (exact) mass is 461 g/mol. The highest BCUT2D eigenvalue weighted by atomic mass is 32.2. The first-order chi connectivity index (χ1) is 15.2. The zero-order chi connectivity index (χ0) is 23.2. The van der Waals surface area contributed by atoms with E-state index in [1.165, 1.54) is 25.3 Å². The Balaban J connectivity index is 1.57. The van der Waals surface area contributed by atoms with Crippen LogP contribution in [0.15, 0.2) is 27.8 Å². The van der Waals surface area contributed by atoms with Crippen molar-refractivity contribution >= 4 is 27.5 Å². The van der Waals surface area contributed by atoms with E-state index in [-0.39, 0.29) is 54.1 Å². The number of esters is 1. The number of carbonyl (C=O) groups excluding carboxylic acids is 2. The van der Waals surface area contributed by atoms with Gasteiger partial charge in [-0.25, -0.2) is 22.7 Å². The van der Waals surface area contributed by atoms with Crippen molar-refractivity contribution in [2.75, 3.05) is 33.3 Å². The first-order valence-electron chi connectivity index (χ1n) is 9.94. The normalized spacial score (nSPS) is 15.3. The number of amides is 1. The molecule has 0 radical (unpaired) electrons. The van der Waals surface area contributed by atoms with E-state index in [2.05, 4.69) is 10.1 Å². The lowest BCUT2D eigenvalue weighted by molar-refractivity contribution is 0.0594. The zero-order valence-electron chi connectivity index (χ0n) is 18.2. The van der Waals surface area contributed by atoms with Gasteiger partial charge in [0.05, 0.1) is 12.8 Å². The average molecular weight is 462 g/mol. The Kier molecular flexibility index (Phi) is 5.51. The lowest BCUT2D eigenvalue weighted by Crippen LogP contribution is -2.50. The van der Waals surface area contributed by atoms with Crippen molar-refractivity contribution in [3.63, 3.8) is 0 Å². The van der Waals surface area contributed by atoms with Crippen LogP contribution in [0.3, 0.4) is 0 Å². The molecule has 0 unspecified atom stereocenters. The molecule has 0 aliphatic carbocycles. The number of furan rings is 1. The van der Waals surface area contributed by atoms with Gasteiger partial charge in [-0.05, 0) is 26.8 Å². The number of fused-ring (bicyclic) bond motifs is 1. The fraction of sp³-hybridized carbons (Fsp3) is 0.400. The van der Waals surface area contributed by atoms with Gasteiger partial charge in [0.15, 0.2) is 5.65 Å². The van der Waals surface area contributed by atoms with Crippen molar-refractivity contribution in [1.82, 2.24) is 23.8 Å². The maximum absolute atomic E-state index is 13.3. The molecule has 0 aromatic carbocycles. The summed E-state index contributed by atoms with van der Waals surface area (Å²) < 4.78 is 39.6. The summed E-state index contributed by atoms with van der Waals surface area (Å²) in [5, 5.41) is 4.32. The molecule has 1 aliphatic rings. The summed E-state index contributed by atoms with van der Waals surface area (Å²) in [5.74, 6) is -0.728. The van der Waals surface area contributed by atoms with E-state index in [0.717, 1.165) is 0 Å². The van der Waals surface area contributed by atoms with Gasteiger partial charge < -0.3 is 14.1 Å². The minimum absolute atomic E-state index is 0.0735.